The summed E-state index contributed by atoms with van der Waals surface area (Å²) in [6, 6.07) is 0.527. The molecule has 2 N–H and O–H groups in total. The van der Waals surface area contributed by atoms with E-state index in [-0.39, 0.29) is 0 Å². The minimum Gasteiger partial charge on any atom is -0.383 e. The van der Waals surface area contributed by atoms with Crippen molar-refractivity contribution in [2.75, 3.05) is 33.4 Å². The van der Waals surface area contributed by atoms with Gasteiger partial charge < -0.3 is 10.5 Å². The molecule has 0 bridgehead atoms. The van der Waals surface area contributed by atoms with E-state index in [9.17, 15) is 0 Å². The van der Waals surface area contributed by atoms with E-state index < -0.39 is 0 Å². The molecule has 0 fully saturated rings. The van der Waals surface area contributed by atoms with Gasteiger partial charge in [-0.2, -0.15) is 0 Å². The van der Waals surface area contributed by atoms with E-state index in [0.717, 1.165) is 25.6 Å². The van der Waals surface area contributed by atoms with Crippen LogP contribution in [0.3, 0.4) is 0 Å². The lowest BCUT2D eigenvalue weighted by atomic mass is 9.96. The molecule has 0 saturated heterocycles. The zero-order valence-corrected chi connectivity index (χ0v) is 12.2. The highest BCUT2D eigenvalue weighted by Crippen LogP contribution is 2.15. The van der Waals surface area contributed by atoms with Gasteiger partial charge in [-0.1, -0.05) is 20.3 Å². The minimum atomic E-state index is 0.527. The molecule has 0 aliphatic carbocycles. The Kier molecular flexibility index (Phi) is 10.9. The second kappa shape index (κ2) is 11.0. The molecule has 0 aromatic heterocycles. The zero-order chi connectivity index (χ0) is 13.1. The van der Waals surface area contributed by atoms with E-state index in [2.05, 4.69) is 25.7 Å². The van der Waals surface area contributed by atoms with E-state index in [1.54, 1.807) is 7.11 Å². The fourth-order valence-corrected chi connectivity index (χ4v) is 2.41. The molecule has 0 saturated carbocycles. The van der Waals surface area contributed by atoms with Gasteiger partial charge in [0.15, 0.2) is 0 Å². The lowest BCUT2D eigenvalue weighted by molar-refractivity contribution is 0.100. The first kappa shape index (κ1) is 16.9. The Morgan fingerprint density at radius 2 is 1.94 bits per heavy atom. The molecule has 0 heterocycles. The Labute approximate surface area is 108 Å². The Morgan fingerprint density at radius 1 is 1.24 bits per heavy atom. The highest BCUT2D eigenvalue weighted by atomic mass is 16.5. The summed E-state index contributed by atoms with van der Waals surface area (Å²) in [5.41, 5.74) is 5.62. The highest BCUT2D eigenvalue weighted by molar-refractivity contribution is 4.67. The molecule has 0 spiro atoms. The van der Waals surface area contributed by atoms with Gasteiger partial charge in [-0.25, -0.2) is 0 Å². The number of methoxy groups -OCH3 is 1. The Morgan fingerprint density at radius 3 is 2.41 bits per heavy atom. The predicted octanol–water partition coefficient (Wildman–Crippen LogP) is 2.50. The lowest BCUT2D eigenvalue weighted by Crippen LogP contribution is -2.36. The predicted molar refractivity (Wildman–Crippen MR) is 75.3 cm³/mol. The summed E-state index contributed by atoms with van der Waals surface area (Å²) in [5.74, 6) is 0.816. The summed E-state index contributed by atoms with van der Waals surface area (Å²) in [6.45, 7) is 10.7. The van der Waals surface area contributed by atoms with Crippen LogP contribution < -0.4 is 5.73 Å². The van der Waals surface area contributed by atoms with Crippen molar-refractivity contribution in [3.05, 3.63) is 0 Å². The first-order valence-corrected chi connectivity index (χ1v) is 7.12. The second-order valence-electron chi connectivity index (χ2n) is 4.93. The molecule has 0 rings (SSSR count). The largest absolute Gasteiger partial charge is 0.383 e. The fourth-order valence-electron chi connectivity index (χ4n) is 2.41. The maximum absolute atomic E-state index is 5.62. The van der Waals surface area contributed by atoms with Crippen LogP contribution in [0.25, 0.3) is 0 Å². The van der Waals surface area contributed by atoms with Crippen LogP contribution in [0.4, 0.5) is 0 Å². The Bertz CT molecular complexity index is 164. The molecular formula is C14H32N2O. The quantitative estimate of drug-likeness (QED) is 0.607. The summed E-state index contributed by atoms with van der Waals surface area (Å²) in [7, 11) is 1.78. The molecule has 3 heteroatoms. The molecule has 0 aromatic rings. The molecule has 0 amide bonds. The number of rotatable bonds is 11. The normalized spacial score (nSPS) is 15.2. The molecule has 0 aliphatic rings. The summed E-state index contributed by atoms with van der Waals surface area (Å²) >= 11 is 0. The summed E-state index contributed by atoms with van der Waals surface area (Å²) in [4.78, 5) is 2.50. The molecule has 2 unspecified atom stereocenters. The van der Waals surface area contributed by atoms with Crippen LogP contribution in [-0.2, 0) is 4.74 Å². The molecule has 0 radical (unpaired) electrons. The molecule has 17 heavy (non-hydrogen) atoms. The van der Waals surface area contributed by atoms with Gasteiger partial charge in [0, 0.05) is 13.2 Å². The molecule has 0 aliphatic heterocycles. The van der Waals surface area contributed by atoms with Crippen molar-refractivity contribution in [1.29, 1.82) is 0 Å². The lowest BCUT2D eigenvalue weighted by Gasteiger charge is -2.27. The van der Waals surface area contributed by atoms with E-state index in [1.807, 2.05) is 0 Å². The second-order valence-corrected chi connectivity index (χ2v) is 4.93. The summed E-state index contributed by atoms with van der Waals surface area (Å²) < 4.78 is 5.22. The van der Waals surface area contributed by atoms with Crippen molar-refractivity contribution in [1.82, 2.24) is 4.90 Å². The highest BCUT2D eigenvalue weighted by Gasteiger charge is 2.12. The third kappa shape index (κ3) is 7.74. The summed E-state index contributed by atoms with van der Waals surface area (Å²) in [6.07, 6.45) is 5.03. The van der Waals surface area contributed by atoms with Gasteiger partial charge in [-0.15, -0.1) is 0 Å². The number of nitrogens with two attached hydrogens (primary N) is 1. The van der Waals surface area contributed by atoms with Crippen molar-refractivity contribution < 1.29 is 4.74 Å². The fraction of sp³-hybridized carbons (Fsp3) is 1.00. The number of hydrogen-bond donors (Lipinski definition) is 1. The molecule has 3 nitrogen and oxygen atoms in total. The standard InChI is InChI=1S/C14H32N2O/c1-5-14(9-10-15)8-7-11-16(6-2)13(3)12-17-4/h13-14H,5-12,15H2,1-4H3. The van der Waals surface area contributed by atoms with Gasteiger partial charge in [0.25, 0.3) is 0 Å². The van der Waals surface area contributed by atoms with Gasteiger partial charge in [0.05, 0.1) is 6.61 Å². The van der Waals surface area contributed by atoms with Crippen molar-refractivity contribution in [2.24, 2.45) is 11.7 Å². The maximum atomic E-state index is 5.62. The first-order valence-electron chi connectivity index (χ1n) is 7.12. The van der Waals surface area contributed by atoms with Crippen molar-refractivity contribution in [3.63, 3.8) is 0 Å². The van der Waals surface area contributed by atoms with Crippen molar-refractivity contribution >= 4 is 0 Å². The molecule has 104 valence electrons. The van der Waals surface area contributed by atoms with Gasteiger partial charge in [-0.05, 0) is 51.7 Å². The van der Waals surface area contributed by atoms with Crippen LogP contribution in [-0.4, -0.2) is 44.3 Å². The van der Waals surface area contributed by atoms with Crippen LogP contribution >= 0.6 is 0 Å². The van der Waals surface area contributed by atoms with E-state index >= 15 is 0 Å². The third-order valence-electron chi connectivity index (χ3n) is 3.65. The van der Waals surface area contributed by atoms with Crippen LogP contribution in [0.5, 0.6) is 0 Å². The number of ether oxygens (including phenoxy) is 1. The van der Waals surface area contributed by atoms with E-state index in [0.29, 0.717) is 6.04 Å². The first-order chi connectivity index (χ1) is 8.19. The van der Waals surface area contributed by atoms with Gasteiger partial charge in [0.2, 0.25) is 0 Å². The minimum absolute atomic E-state index is 0.527. The topological polar surface area (TPSA) is 38.5 Å². The number of nitrogens with zero attached hydrogens (tertiary/aromatic N) is 1. The SMILES string of the molecule is CCC(CCN)CCCN(CC)C(C)COC. The van der Waals surface area contributed by atoms with Crippen LogP contribution in [0.1, 0.15) is 46.5 Å². The van der Waals surface area contributed by atoms with Crippen LogP contribution in [0.2, 0.25) is 0 Å². The molecule has 2 atom stereocenters. The monoisotopic (exact) mass is 244 g/mol. The number of likely N-dealkylation sites (N-methyl/N-ethyl adjacent to an activating group) is 1. The Balaban J connectivity index is 3.81. The maximum Gasteiger partial charge on any atom is 0.0615 e. The molecule has 0 aromatic carbocycles. The van der Waals surface area contributed by atoms with Crippen molar-refractivity contribution in [2.45, 2.75) is 52.5 Å². The molecular weight excluding hydrogens is 212 g/mol. The van der Waals surface area contributed by atoms with Crippen LogP contribution in [0.15, 0.2) is 0 Å². The average molecular weight is 244 g/mol. The van der Waals surface area contributed by atoms with Gasteiger partial charge in [-0.3, -0.25) is 4.90 Å². The van der Waals surface area contributed by atoms with Crippen LogP contribution in [0, 0.1) is 5.92 Å². The van der Waals surface area contributed by atoms with Crippen molar-refractivity contribution in [3.8, 4) is 0 Å². The number of hydrogen-bond acceptors (Lipinski definition) is 3. The third-order valence-corrected chi connectivity index (χ3v) is 3.65. The van der Waals surface area contributed by atoms with E-state index in [1.165, 1.54) is 32.2 Å². The van der Waals surface area contributed by atoms with E-state index in [4.69, 9.17) is 10.5 Å². The average Bonchev–Trinajstić information content (AvgIpc) is 2.33. The zero-order valence-electron chi connectivity index (χ0n) is 12.2. The van der Waals surface area contributed by atoms with Gasteiger partial charge >= 0.3 is 0 Å². The summed E-state index contributed by atoms with van der Waals surface area (Å²) in [5, 5.41) is 0. The smallest absolute Gasteiger partial charge is 0.0615 e. The van der Waals surface area contributed by atoms with Gasteiger partial charge in [0.1, 0.15) is 0 Å². The Hall–Kier alpha value is -0.120.